The average Bonchev–Trinajstić information content (AvgIpc) is 3.29. The first-order chi connectivity index (χ1) is 18.5. The molecule has 202 valence electrons. The molecule has 11 nitrogen and oxygen atoms in total. The van der Waals surface area contributed by atoms with Crippen LogP contribution in [-0.2, 0) is 4.79 Å². The number of amides is 1. The Morgan fingerprint density at radius 2 is 1.97 bits per heavy atom. The van der Waals surface area contributed by atoms with E-state index in [2.05, 4.69) is 30.6 Å². The maximum Gasteiger partial charge on any atom is 0.368 e. The predicted molar refractivity (Wildman–Crippen MR) is 153 cm³/mol. The highest BCUT2D eigenvalue weighted by Gasteiger charge is 2.32. The molecule has 0 saturated heterocycles. The Labute approximate surface area is 235 Å². The highest BCUT2D eigenvalue weighted by atomic mass is 35.5. The van der Waals surface area contributed by atoms with Gasteiger partial charge in [0.25, 0.3) is 0 Å². The lowest BCUT2D eigenvalue weighted by atomic mass is 10.1. The summed E-state index contributed by atoms with van der Waals surface area (Å²) >= 11 is 12.1. The number of aliphatic imine (C=N–C) groups is 1. The molecule has 1 aliphatic rings. The van der Waals surface area contributed by atoms with E-state index in [1.54, 1.807) is 36.5 Å². The van der Waals surface area contributed by atoms with Gasteiger partial charge in [-0.1, -0.05) is 30.1 Å². The van der Waals surface area contributed by atoms with Crippen LogP contribution >= 0.6 is 23.2 Å². The van der Waals surface area contributed by atoms with Crippen molar-refractivity contribution in [2.24, 2.45) is 4.99 Å². The summed E-state index contributed by atoms with van der Waals surface area (Å²) in [6.45, 7) is 2.88. The minimum absolute atomic E-state index is 0.0563. The van der Waals surface area contributed by atoms with Crippen molar-refractivity contribution in [1.82, 2.24) is 15.0 Å². The summed E-state index contributed by atoms with van der Waals surface area (Å²) in [7, 11) is 3.90. The fraction of sp³-hybridized carbons (Fsp3) is 0.269. The fourth-order valence-electron chi connectivity index (χ4n) is 4.13. The number of nitro groups is 1. The van der Waals surface area contributed by atoms with E-state index in [0.717, 1.165) is 5.71 Å². The minimum atomic E-state index is -0.422. The molecule has 0 bridgehead atoms. The van der Waals surface area contributed by atoms with E-state index in [4.69, 9.17) is 23.2 Å². The number of benzene rings is 1. The molecule has 0 aliphatic carbocycles. The minimum Gasteiger partial charge on any atom is -0.358 e. The van der Waals surface area contributed by atoms with Gasteiger partial charge in [0.1, 0.15) is 30.2 Å². The van der Waals surface area contributed by atoms with Crippen LogP contribution in [0, 0.1) is 10.1 Å². The molecule has 2 aromatic heterocycles. The maximum atomic E-state index is 12.6. The monoisotopic (exact) mass is 569 g/mol. The number of quaternary nitrogens is 1. The van der Waals surface area contributed by atoms with Gasteiger partial charge in [-0.2, -0.15) is 0 Å². The number of rotatable bonds is 10. The molecular formula is C26H27Cl2N8O3+. The number of carbonyl (C=O) groups is 1. The van der Waals surface area contributed by atoms with Crippen LogP contribution in [0.4, 0.5) is 17.3 Å². The van der Waals surface area contributed by atoms with Crippen molar-refractivity contribution in [2.45, 2.75) is 19.8 Å². The second-order valence-electron chi connectivity index (χ2n) is 9.62. The number of nitrogens with one attached hydrogen (secondary N) is 2. The summed E-state index contributed by atoms with van der Waals surface area (Å²) in [6, 6.07) is 6.81. The van der Waals surface area contributed by atoms with E-state index in [9.17, 15) is 14.9 Å². The number of hydrogen-bond donors (Lipinski definition) is 2. The number of likely N-dealkylation sites (N-methyl/N-ethyl adjacent to an activating group) is 1. The molecule has 39 heavy (non-hydrogen) atoms. The molecule has 0 unspecified atom stereocenters. The van der Waals surface area contributed by atoms with Crippen molar-refractivity contribution >= 4 is 63.0 Å². The molecule has 13 heteroatoms. The normalized spacial score (nSPS) is 13.7. The molecule has 1 aliphatic heterocycles. The number of pyridine rings is 1. The van der Waals surface area contributed by atoms with Gasteiger partial charge in [-0.05, 0) is 40.3 Å². The van der Waals surface area contributed by atoms with E-state index in [0.29, 0.717) is 74.3 Å². The largest absolute Gasteiger partial charge is 0.368 e. The van der Waals surface area contributed by atoms with Crippen molar-refractivity contribution in [2.75, 3.05) is 37.8 Å². The van der Waals surface area contributed by atoms with E-state index in [1.807, 2.05) is 21.0 Å². The lowest BCUT2D eigenvalue weighted by Crippen LogP contribution is -2.41. The van der Waals surface area contributed by atoms with Gasteiger partial charge in [0.2, 0.25) is 5.91 Å². The van der Waals surface area contributed by atoms with Crippen LogP contribution in [-0.4, -0.2) is 63.2 Å². The first-order valence-corrected chi connectivity index (χ1v) is 12.9. The topological polar surface area (TPSA) is 135 Å². The predicted octanol–water partition coefficient (Wildman–Crippen LogP) is 5.39. The molecule has 3 heterocycles. The number of carbonyl (C=O) groups excluding carboxylic acids is 1. The highest BCUT2D eigenvalue weighted by Crippen LogP contribution is 2.29. The van der Waals surface area contributed by atoms with Crippen LogP contribution in [0.25, 0.3) is 10.9 Å². The van der Waals surface area contributed by atoms with Crippen LogP contribution < -0.4 is 10.6 Å². The Kier molecular flexibility index (Phi) is 8.54. The Balaban J connectivity index is 1.41. The molecule has 0 fully saturated rings. The van der Waals surface area contributed by atoms with Crippen molar-refractivity contribution < 1.29 is 14.2 Å². The number of halogens is 2. The van der Waals surface area contributed by atoms with Gasteiger partial charge in [0, 0.05) is 30.0 Å². The van der Waals surface area contributed by atoms with Crippen molar-refractivity contribution in [3.8, 4) is 0 Å². The second-order valence-corrected chi connectivity index (χ2v) is 10.4. The number of aromatic nitrogens is 3. The zero-order valence-corrected chi connectivity index (χ0v) is 23.1. The average molecular weight is 570 g/mol. The van der Waals surface area contributed by atoms with E-state index in [-0.39, 0.29) is 11.7 Å². The van der Waals surface area contributed by atoms with Crippen molar-refractivity contribution in [1.29, 1.82) is 0 Å². The lowest BCUT2D eigenvalue weighted by molar-refractivity contribution is -0.880. The van der Waals surface area contributed by atoms with Gasteiger partial charge in [0.05, 0.1) is 48.0 Å². The molecule has 0 saturated carbocycles. The lowest BCUT2D eigenvalue weighted by Gasteiger charge is -2.28. The maximum absolute atomic E-state index is 12.6. The third-order valence-electron chi connectivity index (χ3n) is 6.02. The highest BCUT2D eigenvalue weighted by molar-refractivity contribution is 6.42. The van der Waals surface area contributed by atoms with Crippen LogP contribution in [0.1, 0.15) is 19.8 Å². The summed E-state index contributed by atoms with van der Waals surface area (Å²) in [5.74, 6) is 0.421. The first-order valence-electron chi connectivity index (χ1n) is 12.1. The van der Waals surface area contributed by atoms with Crippen LogP contribution in [0.2, 0.25) is 10.0 Å². The number of fused-ring (bicyclic) bond motifs is 1. The standard InChI is InChI=1S/C26H26Cl2N8O3/c1-4-17-10-16(26(33-17)35(38)39)14-36(2,3)9-5-6-24(37)34-23-12-19-22(13-29-23)30-15-31-25(19)32-18-7-8-20(27)21(28)11-18/h5-8,11-13,15H,4,9-10,14H2,1-3H3,(H-,29,30,31,32,34,37)/p+1/b6-5+. The molecule has 2 N–H and O–H groups in total. The van der Waals surface area contributed by atoms with E-state index in [1.165, 1.54) is 12.4 Å². The number of hydrogen-bond acceptors (Lipinski definition) is 8. The summed E-state index contributed by atoms with van der Waals surface area (Å²) in [6.07, 6.45) is 7.31. The van der Waals surface area contributed by atoms with Crippen LogP contribution in [0.15, 0.2) is 65.3 Å². The summed E-state index contributed by atoms with van der Waals surface area (Å²) in [5, 5.41) is 18.8. The van der Waals surface area contributed by atoms with Crippen LogP contribution in [0.3, 0.4) is 0 Å². The summed E-state index contributed by atoms with van der Waals surface area (Å²) in [5.41, 5.74) is 2.79. The Bertz CT molecular complexity index is 1530. The van der Waals surface area contributed by atoms with Gasteiger partial charge in [-0.3, -0.25) is 4.79 Å². The molecule has 3 aromatic rings. The molecule has 0 atom stereocenters. The molecule has 0 radical (unpaired) electrons. The number of nitrogens with zero attached hydrogens (tertiary/aromatic N) is 6. The fourth-order valence-corrected chi connectivity index (χ4v) is 4.42. The molecule has 1 aromatic carbocycles. The molecule has 0 spiro atoms. The van der Waals surface area contributed by atoms with Crippen LogP contribution in [0.5, 0.6) is 0 Å². The van der Waals surface area contributed by atoms with E-state index >= 15 is 0 Å². The van der Waals surface area contributed by atoms with Gasteiger partial charge < -0.3 is 25.2 Å². The zero-order valence-electron chi connectivity index (χ0n) is 21.6. The SMILES string of the molecule is CCC1=NC([N+](=O)[O-])=C(C[N+](C)(C)C/C=C/C(=O)Nc2cc3c(Nc4ccc(Cl)c(Cl)c4)ncnc3cn2)C1. The second kappa shape index (κ2) is 11.9. The van der Waals surface area contributed by atoms with Gasteiger partial charge >= 0.3 is 5.82 Å². The molecular weight excluding hydrogens is 543 g/mol. The quantitative estimate of drug-likeness (QED) is 0.144. The third-order valence-corrected chi connectivity index (χ3v) is 6.76. The van der Waals surface area contributed by atoms with Gasteiger partial charge in [0.15, 0.2) is 0 Å². The molecule has 4 rings (SSSR count). The van der Waals surface area contributed by atoms with Gasteiger partial charge in [-0.15, -0.1) is 0 Å². The smallest absolute Gasteiger partial charge is 0.358 e. The Morgan fingerprint density at radius 1 is 1.18 bits per heavy atom. The van der Waals surface area contributed by atoms with Crippen molar-refractivity contribution in [3.05, 3.63) is 80.5 Å². The van der Waals surface area contributed by atoms with Crippen molar-refractivity contribution in [3.63, 3.8) is 0 Å². The first kappa shape index (κ1) is 28.1. The summed E-state index contributed by atoms with van der Waals surface area (Å²) < 4.78 is 0.429. The Morgan fingerprint density at radius 3 is 2.69 bits per heavy atom. The third kappa shape index (κ3) is 7.14. The zero-order chi connectivity index (χ0) is 28.2. The van der Waals surface area contributed by atoms with E-state index < -0.39 is 4.92 Å². The Hall–Kier alpha value is -3.93. The summed E-state index contributed by atoms with van der Waals surface area (Å²) in [4.78, 5) is 40.6. The number of anilines is 3. The molecule has 1 amide bonds. The van der Waals surface area contributed by atoms with Gasteiger partial charge in [-0.25, -0.2) is 15.0 Å².